The van der Waals surface area contributed by atoms with Crippen molar-refractivity contribution < 1.29 is 9.53 Å². The number of thiol groups is 1. The number of carbonyl (C=O) groups is 1. The summed E-state index contributed by atoms with van der Waals surface area (Å²) < 4.78 is 4.99. The van der Waals surface area contributed by atoms with E-state index in [0.29, 0.717) is 6.61 Å². The molecule has 0 spiro atoms. The van der Waals surface area contributed by atoms with Gasteiger partial charge in [-0.2, -0.15) is 12.6 Å². The largest absolute Gasteiger partial charge is 0.465 e. The molecule has 0 aliphatic heterocycles. The minimum Gasteiger partial charge on any atom is -0.465 e. The van der Waals surface area contributed by atoms with E-state index in [4.69, 9.17) is 4.74 Å². The van der Waals surface area contributed by atoms with Crippen LogP contribution in [0.5, 0.6) is 0 Å². The van der Waals surface area contributed by atoms with Gasteiger partial charge in [-0.15, -0.1) is 0 Å². The Morgan fingerprint density at radius 3 is 1.78 bits per heavy atom. The van der Waals surface area contributed by atoms with Crippen LogP contribution in [0, 0.1) is 0 Å². The van der Waals surface area contributed by atoms with E-state index < -0.39 is 0 Å². The SMILES string of the molecule is CCCCCCCC/C=C/CCCCCCCCOC(=O)CS. The topological polar surface area (TPSA) is 26.3 Å². The normalized spacial score (nSPS) is 11.2. The molecule has 0 N–H and O–H groups in total. The number of unbranched alkanes of at least 4 members (excludes halogenated alkanes) is 12. The van der Waals surface area contributed by atoms with Gasteiger partial charge in [-0.25, -0.2) is 0 Å². The van der Waals surface area contributed by atoms with Gasteiger partial charge in [-0.3, -0.25) is 4.79 Å². The molecule has 23 heavy (non-hydrogen) atoms. The lowest BCUT2D eigenvalue weighted by Gasteiger charge is -2.03. The molecule has 0 saturated carbocycles. The van der Waals surface area contributed by atoms with Gasteiger partial charge in [0.25, 0.3) is 0 Å². The third kappa shape index (κ3) is 19.5. The molecule has 0 aromatic carbocycles. The van der Waals surface area contributed by atoms with Gasteiger partial charge in [0.2, 0.25) is 0 Å². The van der Waals surface area contributed by atoms with Gasteiger partial charge in [0.1, 0.15) is 0 Å². The van der Waals surface area contributed by atoms with Crippen LogP contribution in [0.1, 0.15) is 96.8 Å². The number of hydrogen-bond donors (Lipinski definition) is 1. The first-order chi connectivity index (χ1) is 11.3. The highest BCUT2D eigenvalue weighted by molar-refractivity contribution is 7.81. The van der Waals surface area contributed by atoms with Crippen LogP contribution < -0.4 is 0 Å². The van der Waals surface area contributed by atoms with E-state index in [0.717, 1.165) is 12.8 Å². The lowest BCUT2D eigenvalue weighted by molar-refractivity contribution is -0.140. The van der Waals surface area contributed by atoms with E-state index in [1.165, 1.54) is 77.0 Å². The van der Waals surface area contributed by atoms with Crippen molar-refractivity contribution >= 4 is 18.6 Å². The number of allylic oxidation sites excluding steroid dienone is 2. The van der Waals surface area contributed by atoms with Crippen molar-refractivity contribution in [2.24, 2.45) is 0 Å². The average Bonchev–Trinajstić information content (AvgIpc) is 2.57. The van der Waals surface area contributed by atoms with Gasteiger partial charge in [0.05, 0.1) is 12.4 Å². The van der Waals surface area contributed by atoms with E-state index in [1.54, 1.807) is 0 Å². The Balaban J connectivity index is 3.09. The number of ether oxygens (including phenoxy) is 1. The minimum absolute atomic E-state index is 0.187. The molecule has 0 saturated heterocycles. The highest BCUT2D eigenvalue weighted by Crippen LogP contribution is 2.10. The Bertz CT molecular complexity index is 277. The maximum atomic E-state index is 10.9. The summed E-state index contributed by atoms with van der Waals surface area (Å²) >= 11 is 3.87. The molecule has 0 rings (SSSR count). The van der Waals surface area contributed by atoms with Crippen LogP contribution in [0.3, 0.4) is 0 Å². The molecule has 0 unspecified atom stereocenters. The summed E-state index contributed by atoms with van der Waals surface area (Å²) in [5, 5.41) is 0. The van der Waals surface area contributed by atoms with Crippen LogP contribution in [0.25, 0.3) is 0 Å². The standard InChI is InChI=1S/C20H38O2S/c1-2-3-4-5-6-7-8-9-10-11-12-13-14-15-16-17-18-22-20(21)19-23/h9-10,23H,2-8,11-19H2,1H3/b10-9+. The van der Waals surface area contributed by atoms with Gasteiger partial charge < -0.3 is 4.74 Å². The molecule has 0 aliphatic carbocycles. The average molecular weight is 343 g/mol. The zero-order chi connectivity index (χ0) is 17.0. The van der Waals surface area contributed by atoms with Crippen LogP contribution in [0.2, 0.25) is 0 Å². The Morgan fingerprint density at radius 2 is 1.26 bits per heavy atom. The van der Waals surface area contributed by atoms with Crippen LogP contribution in [-0.2, 0) is 9.53 Å². The smallest absolute Gasteiger partial charge is 0.315 e. The molecule has 0 aliphatic rings. The first kappa shape index (κ1) is 22.6. The molecule has 0 atom stereocenters. The number of rotatable bonds is 17. The van der Waals surface area contributed by atoms with Crippen molar-refractivity contribution in [2.45, 2.75) is 96.8 Å². The summed E-state index contributed by atoms with van der Waals surface area (Å²) in [6.45, 7) is 2.82. The first-order valence-corrected chi connectivity index (χ1v) is 10.4. The fourth-order valence-corrected chi connectivity index (χ4v) is 2.67. The maximum absolute atomic E-state index is 10.9. The molecule has 0 bridgehead atoms. The molecule has 0 radical (unpaired) electrons. The lowest BCUT2D eigenvalue weighted by atomic mass is 10.1. The summed E-state index contributed by atoms with van der Waals surface area (Å²) in [6, 6.07) is 0. The van der Waals surface area contributed by atoms with Gasteiger partial charge in [-0.05, 0) is 32.1 Å². The van der Waals surface area contributed by atoms with E-state index in [1.807, 2.05) is 0 Å². The molecule has 136 valence electrons. The molecule has 2 nitrogen and oxygen atoms in total. The summed E-state index contributed by atoms with van der Waals surface area (Å²) in [4.78, 5) is 10.9. The van der Waals surface area contributed by atoms with Crippen molar-refractivity contribution in [3.63, 3.8) is 0 Å². The second-order valence-corrected chi connectivity index (χ2v) is 6.63. The van der Waals surface area contributed by atoms with E-state index >= 15 is 0 Å². The zero-order valence-electron chi connectivity index (χ0n) is 15.2. The summed E-state index contributed by atoms with van der Waals surface area (Å²) in [6.07, 6.45) is 22.9. The molecule has 3 heteroatoms. The Hall–Kier alpha value is -0.440. The highest BCUT2D eigenvalue weighted by atomic mass is 32.1. The highest BCUT2D eigenvalue weighted by Gasteiger charge is 1.97. The molecule has 0 aromatic rings. The van der Waals surface area contributed by atoms with Gasteiger partial charge in [0.15, 0.2) is 0 Å². The van der Waals surface area contributed by atoms with E-state index in [9.17, 15) is 4.79 Å². The van der Waals surface area contributed by atoms with Crippen LogP contribution >= 0.6 is 12.6 Å². The van der Waals surface area contributed by atoms with Gasteiger partial charge >= 0.3 is 5.97 Å². The van der Waals surface area contributed by atoms with E-state index in [-0.39, 0.29) is 11.7 Å². The molecule has 0 aromatic heterocycles. The molecule has 0 fully saturated rings. The number of hydrogen-bond acceptors (Lipinski definition) is 3. The van der Waals surface area contributed by atoms with Crippen molar-refractivity contribution in [3.8, 4) is 0 Å². The van der Waals surface area contributed by atoms with Crippen LogP contribution in [0.4, 0.5) is 0 Å². The summed E-state index contributed by atoms with van der Waals surface area (Å²) in [5.74, 6) is -0.0205. The van der Waals surface area contributed by atoms with Crippen molar-refractivity contribution in [1.82, 2.24) is 0 Å². The first-order valence-electron chi connectivity index (χ1n) is 9.72. The third-order valence-electron chi connectivity index (χ3n) is 4.05. The number of carbonyl (C=O) groups excluding carboxylic acids is 1. The van der Waals surface area contributed by atoms with E-state index in [2.05, 4.69) is 31.7 Å². The van der Waals surface area contributed by atoms with Crippen molar-refractivity contribution in [3.05, 3.63) is 12.2 Å². The molecule has 0 amide bonds. The Kier molecular flexibility index (Phi) is 19.2. The zero-order valence-corrected chi connectivity index (χ0v) is 16.1. The number of esters is 1. The van der Waals surface area contributed by atoms with Crippen molar-refractivity contribution in [2.75, 3.05) is 12.4 Å². The van der Waals surface area contributed by atoms with Crippen LogP contribution in [0.15, 0.2) is 12.2 Å². The maximum Gasteiger partial charge on any atom is 0.315 e. The predicted octanol–water partition coefficient (Wildman–Crippen LogP) is 6.50. The molecular weight excluding hydrogens is 304 g/mol. The summed E-state index contributed by atoms with van der Waals surface area (Å²) in [5.41, 5.74) is 0. The predicted molar refractivity (Wildman–Crippen MR) is 104 cm³/mol. The van der Waals surface area contributed by atoms with Gasteiger partial charge in [-0.1, -0.05) is 76.9 Å². The lowest BCUT2D eigenvalue weighted by Crippen LogP contribution is -2.06. The third-order valence-corrected chi connectivity index (χ3v) is 4.31. The Morgan fingerprint density at radius 1 is 0.783 bits per heavy atom. The fourth-order valence-electron chi connectivity index (χ4n) is 2.58. The quantitative estimate of drug-likeness (QED) is 0.141. The second kappa shape index (κ2) is 19.6. The van der Waals surface area contributed by atoms with Crippen LogP contribution in [-0.4, -0.2) is 18.3 Å². The Labute approximate surface area is 149 Å². The molecule has 0 heterocycles. The molecular formula is C20H38O2S. The minimum atomic E-state index is -0.207. The van der Waals surface area contributed by atoms with Crippen molar-refractivity contribution in [1.29, 1.82) is 0 Å². The summed E-state index contributed by atoms with van der Waals surface area (Å²) in [7, 11) is 0. The monoisotopic (exact) mass is 342 g/mol. The second-order valence-electron chi connectivity index (χ2n) is 6.32. The fraction of sp³-hybridized carbons (Fsp3) is 0.850. The van der Waals surface area contributed by atoms with Gasteiger partial charge in [0, 0.05) is 0 Å².